The molecule has 0 radical (unpaired) electrons. The maximum atomic E-state index is 8.85. The van der Waals surface area contributed by atoms with Crippen LogP contribution in [0.1, 0.15) is 0 Å². The monoisotopic (exact) mass is 151 g/mol. The molecule has 0 amide bonds. The van der Waals surface area contributed by atoms with E-state index in [9.17, 15) is 0 Å². The Balaban J connectivity index is 0. The Kier molecular flexibility index (Phi) is 9.20. The maximum absolute atomic E-state index is 8.85. The van der Waals surface area contributed by atoms with Gasteiger partial charge in [-0.3, -0.25) is 0 Å². The van der Waals surface area contributed by atoms with Crippen LogP contribution in [0.25, 0.3) is 0 Å². The van der Waals surface area contributed by atoms with Crippen LogP contribution in [0.4, 0.5) is 0 Å². The third-order valence-electron chi connectivity index (χ3n) is 0. The molecule has 5 heteroatoms. The minimum absolute atomic E-state index is 0. The van der Waals surface area contributed by atoms with E-state index in [1.807, 2.05) is 0 Å². The van der Waals surface area contributed by atoms with Gasteiger partial charge in [0.15, 0.2) is 7.23 Å². The Morgan fingerprint density at radius 1 is 1.80 bits per heavy atom. The minimum Gasteiger partial charge on any atom is -0.614 e. The fraction of sp³-hybridized carbons (Fsp3) is 0. The molecule has 0 aromatic carbocycles. The van der Waals surface area contributed by atoms with Crippen LogP contribution >= 0.6 is 7.23 Å². The van der Waals surface area contributed by atoms with Crippen molar-refractivity contribution in [2.75, 3.05) is 0 Å². The van der Waals surface area contributed by atoms with E-state index in [1.165, 1.54) is 0 Å². The molecule has 1 unspecified atom stereocenters. The van der Waals surface area contributed by atoms with Crippen molar-refractivity contribution in [2.24, 2.45) is 0 Å². The summed E-state index contributed by atoms with van der Waals surface area (Å²) in [5.41, 5.74) is 0. The molecular formula is FeO2PS+. The molecule has 5 heavy (non-hydrogen) atoms. The van der Waals surface area contributed by atoms with Gasteiger partial charge in [-0.05, 0) is 0 Å². The van der Waals surface area contributed by atoms with E-state index in [0.717, 1.165) is 0 Å². The molecule has 0 aliphatic rings. The van der Waals surface area contributed by atoms with Crippen LogP contribution in [0.3, 0.4) is 0 Å². The molecule has 0 spiro atoms. The minimum atomic E-state index is -2.54. The quantitative estimate of drug-likeness (QED) is 0.267. The third-order valence-corrected chi connectivity index (χ3v) is 0. The molecule has 0 aromatic heterocycles. The van der Waals surface area contributed by atoms with Gasteiger partial charge >= 0.3 is 17.1 Å². The third kappa shape index (κ3) is 49.0. The van der Waals surface area contributed by atoms with Crippen molar-refractivity contribution in [2.45, 2.75) is 0 Å². The van der Waals surface area contributed by atoms with Gasteiger partial charge in [0.2, 0.25) is 0 Å². The first kappa shape index (κ1) is 9.33. The Bertz CT molecular complexity index is 32.6. The van der Waals surface area contributed by atoms with Crippen molar-refractivity contribution in [3.05, 3.63) is 0 Å². The van der Waals surface area contributed by atoms with E-state index in [0.29, 0.717) is 0 Å². The Hall–Kier alpha value is 0.929. The molecule has 0 aliphatic heterocycles. The van der Waals surface area contributed by atoms with Gasteiger partial charge in [0.05, 0.1) is 0 Å². The van der Waals surface area contributed by atoms with Gasteiger partial charge in [-0.15, -0.1) is 4.57 Å². The average molecular weight is 151 g/mol. The maximum Gasteiger partial charge on any atom is 2.00 e. The molecule has 0 rings (SSSR count). The van der Waals surface area contributed by atoms with Gasteiger partial charge in [0.25, 0.3) is 0 Å². The van der Waals surface area contributed by atoms with E-state index in [2.05, 4.69) is 12.2 Å². The van der Waals surface area contributed by atoms with Crippen molar-refractivity contribution < 1.29 is 26.5 Å². The molecule has 0 N–H and O–H groups in total. The first-order valence-electron chi connectivity index (χ1n) is 0.548. The van der Waals surface area contributed by atoms with E-state index in [4.69, 9.17) is 9.46 Å². The summed E-state index contributed by atoms with van der Waals surface area (Å²) in [6, 6.07) is 0. The summed E-state index contributed by atoms with van der Waals surface area (Å²) in [7, 11) is -2.54. The molecule has 1 atom stereocenters. The van der Waals surface area contributed by atoms with E-state index >= 15 is 0 Å². The predicted molar refractivity (Wildman–Crippen MR) is 15.0 cm³/mol. The second kappa shape index (κ2) is 4.93. The smallest absolute Gasteiger partial charge is 0.614 e. The van der Waals surface area contributed by atoms with Gasteiger partial charge in [0, 0.05) is 0 Å². The van der Waals surface area contributed by atoms with Gasteiger partial charge in [-0.2, -0.15) is 0 Å². The van der Waals surface area contributed by atoms with E-state index < -0.39 is 7.23 Å². The summed E-state index contributed by atoms with van der Waals surface area (Å²) in [6.45, 7) is 0. The van der Waals surface area contributed by atoms with Crippen molar-refractivity contribution in [1.29, 1.82) is 0 Å². The standard InChI is InChI=1S/Fe.HO2PS/c;1-3(2)4/h;(H,1,2,4)/q+2;/p-1. The number of hydrogen-bond donors (Lipinski definition) is 0. The first-order valence-corrected chi connectivity index (χ1v) is 2.74. The molecule has 0 heterocycles. The molecular weight excluding hydrogens is 151 g/mol. The fourth-order valence-corrected chi connectivity index (χ4v) is 0. The SMILES string of the molecule is O=[P+]([O-])[S-].[Fe+2]. The normalized spacial score (nSPS) is 8.80. The van der Waals surface area contributed by atoms with Gasteiger partial charge < -0.3 is 17.1 Å². The van der Waals surface area contributed by atoms with Crippen LogP contribution in [0.15, 0.2) is 0 Å². The zero-order valence-electron chi connectivity index (χ0n) is 2.03. The summed E-state index contributed by atoms with van der Waals surface area (Å²) in [5, 5.41) is 0. The second-order valence-electron chi connectivity index (χ2n) is 0.224. The molecule has 30 valence electrons. The van der Waals surface area contributed by atoms with Crippen LogP contribution in [-0.2, 0) is 33.9 Å². The number of hydrogen-bond acceptors (Lipinski definition) is 3. The average Bonchev–Trinajstić information content (AvgIpc) is 0.811. The largest absolute Gasteiger partial charge is 2.00 e. The first-order chi connectivity index (χ1) is 1.73. The summed E-state index contributed by atoms with van der Waals surface area (Å²) < 4.78 is 8.85. The van der Waals surface area contributed by atoms with Crippen molar-refractivity contribution in [1.82, 2.24) is 0 Å². The van der Waals surface area contributed by atoms with Crippen LogP contribution < -0.4 is 4.89 Å². The Morgan fingerprint density at radius 2 is 1.80 bits per heavy atom. The Morgan fingerprint density at radius 3 is 1.80 bits per heavy atom. The summed E-state index contributed by atoms with van der Waals surface area (Å²) in [6.07, 6.45) is 0. The fourth-order valence-electron chi connectivity index (χ4n) is 0. The van der Waals surface area contributed by atoms with E-state index in [1.54, 1.807) is 0 Å². The Labute approximate surface area is 46.5 Å². The zero-order chi connectivity index (χ0) is 3.58. The molecule has 0 saturated heterocycles. The van der Waals surface area contributed by atoms with Gasteiger partial charge in [0.1, 0.15) is 0 Å². The van der Waals surface area contributed by atoms with Crippen LogP contribution in [0, 0.1) is 0 Å². The summed E-state index contributed by atoms with van der Waals surface area (Å²) in [4.78, 5) is 8.85. The van der Waals surface area contributed by atoms with Crippen LogP contribution in [0.2, 0.25) is 0 Å². The summed E-state index contributed by atoms with van der Waals surface area (Å²) >= 11 is 3.57. The molecule has 0 aliphatic carbocycles. The second-order valence-corrected chi connectivity index (χ2v) is 1.57. The van der Waals surface area contributed by atoms with Gasteiger partial charge in [-0.1, -0.05) is 0 Å². The summed E-state index contributed by atoms with van der Waals surface area (Å²) in [5.74, 6) is 0. The number of rotatable bonds is 0. The van der Waals surface area contributed by atoms with Crippen molar-refractivity contribution >= 4 is 19.5 Å². The van der Waals surface area contributed by atoms with Gasteiger partial charge in [-0.25, -0.2) is 0 Å². The molecule has 0 fully saturated rings. The topological polar surface area (TPSA) is 40.1 Å². The molecule has 0 aromatic rings. The van der Waals surface area contributed by atoms with Crippen molar-refractivity contribution in [3.8, 4) is 0 Å². The molecule has 0 saturated carbocycles. The van der Waals surface area contributed by atoms with Crippen molar-refractivity contribution in [3.63, 3.8) is 0 Å². The van der Waals surface area contributed by atoms with Crippen LogP contribution in [0.5, 0.6) is 0 Å². The van der Waals surface area contributed by atoms with E-state index in [-0.39, 0.29) is 17.1 Å². The molecule has 0 bridgehead atoms. The zero-order valence-corrected chi connectivity index (χ0v) is 4.84. The van der Waals surface area contributed by atoms with Crippen LogP contribution in [-0.4, -0.2) is 0 Å². The molecule has 2 nitrogen and oxygen atoms in total. The predicted octanol–water partition coefficient (Wildman–Crippen LogP) is -0.452.